The maximum absolute atomic E-state index is 12.0. The van der Waals surface area contributed by atoms with Crippen molar-refractivity contribution >= 4 is 29.7 Å². The van der Waals surface area contributed by atoms with Crippen molar-refractivity contribution in [3.8, 4) is 5.75 Å². The van der Waals surface area contributed by atoms with E-state index in [0.717, 1.165) is 0 Å². The molecule has 8 heteroatoms. The van der Waals surface area contributed by atoms with Crippen LogP contribution in [-0.4, -0.2) is 23.2 Å². The minimum atomic E-state index is -0.145. The van der Waals surface area contributed by atoms with Crippen LogP contribution in [0.4, 0.5) is 11.4 Å². The van der Waals surface area contributed by atoms with Crippen molar-refractivity contribution in [2.75, 3.05) is 18.2 Å². The SMILES string of the molecule is COc1ccc(NC(=O)CCCc2nc(C(C)(C)C)no2)cc1N.Cl. The summed E-state index contributed by atoms with van der Waals surface area (Å²) >= 11 is 0. The molecule has 0 radical (unpaired) electrons. The molecule has 0 saturated heterocycles. The van der Waals surface area contributed by atoms with Gasteiger partial charge in [-0.1, -0.05) is 25.9 Å². The van der Waals surface area contributed by atoms with Crippen molar-refractivity contribution in [3.63, 3.8) is 0 Å². The summed E-state index contributed by atoms with van der Waals surface area (Å²) < 4.78 is 10.3. The number of nitrogens with two attached hydrogens (primary N) is 1. The molecule has 2 rings (SSSR count). The normalized spacial score (nSPS) is 10.9. The van der Waals surface area contributed by atoms with E-state index in [-0.39, 0.29) is 23.7 Å². The number of rotatable bonds is 6. The summed E-state index contributed by atoms with van der Waals surface area (Å²) in [5.74, 6) is 1.73. The van der Waals surface area contributed by atoms with Crippen LogP contribution in [-0.2, 0) is 16.6 Å². The van der Waals surface area contributed by atoms with Gasteiger partial charge in [-0.15, -0.1) is 12.4 Å². The lowest BCUT2D eigenvalue weighted by Crippen LogP contribution is -2.13. The Labute approximate surface area is 153 Å². The summed E-state index contributed by atoms with van der Waals surface area (Å²) in [5.41, 5.74) is 6.80. The summed E-state index contributed by atoms with van der Waals surface area (Å²) in [7, 11) is 1.55. The number of carbonyl (C=O) groups is 1. The van der Waals surface area contributed by atoms with Gasteiger partial charge in [0.15, 0.2) is 5.82 Å². The van der Waals surface area contributed by atoms with Crippen LogP contribution < -0.4 is 15.8 Å². The Morgan fingerprint density at radius 1 is 1.36 bits per heavy atom. The molecule has 0 fully saturated rings. The molecule has 2 aromatic rings. The second kappa shape index (κ2) is 8.71. The number of nitrogens with zero attached hydrogens (tertiary/aromatic N) is 2. The average Bonchev–Trinajstić information content (AvgIpc) is 2.96. The number of ether oxygens (including phenoxy) is 1. The number of hydrogen-bond donors (Lipinski definition) is 2. The van der Waals surface area contributed by atoms with Gasteiger partial charge in [0.1, 0.15) is 5.75 Å². The van der Waals surface area contributed by atoms with E-state index in [0.29, 0.717) is 48.1 Å². The number of amides is 1. The Balaban J connectivity index is 0.00000312. The lowest BCUT2D eigenvalue weighted by atomic mass is 9.96. The molecule has 0 saturated carbocycles. The highest BCUT2D eigenvalue weighted by Gasteiger charge is 2.20. The molecule has 0 aliphatic rings. The number of nitrogen functional groups attached to an aromatic ring is 1. The van der Waals surface area contributed by atoms with Gasteiger partial charge in [0.05, 0.1) is 12.8 Å². The fourth-order valence-electron chi connectivity index (χ4n) is 2.10. The Morgan fingerprint density at radius 2 is 2.08 bits per heavy atom. The molecule has 0 spiro atoms. The van der Waals surface area contributed by atoms with Crippen LogP contribution in [0.2, 0.25) is 0 Å². The van der Waals surface area contributed by atoms with E-state index in [9.17, 15) is 4.79 Å². The van der Waals surface area contributed by atoms with Crippen LogP contribution in [0.15, 0.2) is 22.7 Å². The smallest absolute Gasteiger partial charge is 0.226 e. The predicted octanol–water partition coefficient (Wildman–Crippen LogP) is 3.34. The minimum absolute atomic E-state index is 0. The average molecular weight is 369 g/mol. The van der Waals surface area contributed by atoms with Crippen LogP contribution in [0.1, 0.15) is 45.3 Å². The molecule has 1 aromatic carbocycles. The van der Waals surface area contributed by atoms with Gasteiger partial charge < -0.3 is 20.3 Å². The minimum Gasteiger partial charge on any atom is -0.495 e. The highest BCUT2D eigenvalue weighted by atomic mass is 35.5. The Kier molecular flexibility index (Phi) is 7.23. The van der Waals surface area contributed by atoms with E-state index in [2.05, 4.69) is 15.5 Å². The molecule has 0 bridgehead atoms. The van der Waals surface area contributed by atoms with Gasteiger partial charge >= 0.3 is 0 Å². The molecule has 1 heterocycles. The molecule has 3 N–H and O–H groups in total. The van der Waals surface area contributed by atoms with Gasteiger partial charge in [-0.3, -0.25) is 4.79 Å². The first kappa shape index (κ1) is 20.8. The molecular weight excluding hydrogens is 344 g/mol. The van der Waals surface area contributed by atoms with Gasteiger partial charge in [-0.05, 0) is 24.6 Å². The Morgan fingerprint density at radius 3 is 2.64 bits per heavy atom. The number of nitrogens with one attached hydrogen (secondary N) is 1. The van der Waals surface area contributed by atoms with E-state index in [1.54, 1.807) is 25.3 Å². The van der Waals surface area contributed by atoms with Crippen LogP contribution in [0, 0.1) is 0 Å². The molecule has 25 heavy (non-hydrogen) atoms. The standard InChI is InChI=1S/C17H24N4O3.ClH/c1-17(2,3)16-20-15(24-21-16)7-5-6-14(22)19-11-8-9-13(23-4)12(18)10-11;/h8-10H,5-7,18H2,1-4H3,(H,19,22);1H. The zero-order valence-electron chi connectivity index (χ0n) is 15.0. The van der Waals surface area contributed by atoms with Crippen LogP contribution in [0.3, 0.4) is 0 Å². The zero-order valence-corrected chi connectivity index (χ0v) is 15.8. The second-order valence-electron chi connectivity index (χ2n) is 6.62. The molecule has 0 aliphatic carbocycles. The Hall–Kier alpha value is -2.28. The maximum Gasteiger partial charge on any atom is 0.226 e. The van der Waals surface area contributed by atoms with E-state index in [1.807, 2.05) is 20.8 Å². The summed E-state index contributed by atoms with van der Waals surface area (Å²) in [6, 6.07) is 5.14. The van der Waals surface area contributed by atoms with Crippen molar-refractivity contribution in [3.05, 3.63) is 29.9 Å². The van der Waals surface area contributed by atoms with Crippen molar-refractivity contribution in [1.82, 2.24) is 10.1 Å². The number of aromatic nitrogens is 2. The molecule has 7 nitrogen and oxygen atoms in total. The monoisotopic (exact) mass is 368 g/mol. The summed E-state index contributed by atoms with van der Waals surface area (Å²) in [4.78, 5) is 16.3. The third-order valence-corrected chi connectivity index (χ3v) is 3.45. The van der Waals surface area contributed by atoms with Crippen molar-refractivity contribution < 1.29 is 14.1 Å². The number of hydrogen-bond acceptors (Lipinski definition) is 6. The fourth-order valence-corrected chi connectivity index (χ4v) is 2.10. The van der Waals surface area contributed by atoms with Crippen LogP contribution in [0.25, 0.3) is 0 Å². The first-order valence-corrected chi connectivity index (χ1v) is 7.86. The first-order chi connectivity index (χ1) is 11.3. The van der Waals surface area contributed by atoms with E-state index in [1.165, 1.54) is 0 Å². The van der Waals surface area contributed by atoms with E-state index >= 15 is 0 Å². The molecule has 1 aromatic heterocycles. The number of methoxy groups -OCH3 is 1. The summed E-state index contributed by atoms with van der Waals surface area (Å²) in [6.07, 6.45) is 1.56. The third-order valence-electron chi connectivity index (χ3n) is 3.45. The number of anilines is 2. The largest absolute Gasteiger partial charge is 0.495 e. The number of benzene rings is 1. The highest BCUT2D eigenvalue weighted by Crippen LogP contribution is 2.24. The number of aryl methyl sites for hydroxylation is 1. The maximum atomic E-state index is 12.0. The van der Waals surface area contributed by atoms with Crippen molar-refractivity contribution in [2.24, 2.45) is 0 Å². The van der Waals surface area contributed by atoms with Gasteiger partial charge in [0, 0.05) is 23.9 Å². The number of halogens is 1. The van der Waals surface area contributed by atoms with E-state index < -0.39 is 0 Å². The van der Waals surface area contributed by atoms with Crippen LogP contribution in [0.5, 0.6) is 5.75 Å². The van der Waals surface area contributed by atoms with Crippen molar-refractivity contribution in [1.29, 1.82) is 0 Å². The topological polar surface area (TPSA) is 103 Å². The lowest BCUT2D eigenvalue weighted by molar-refractivity contribution is -0.116. The van der Waals surface area contributed by atoms with E-state index in [4.69, 9.17) is 15.0 Å². The molecule has 0 aliphatic heterocycles. The van der Waals surface area contributed by atoms with Gasteiger partial charge in [0.25, 0.3) is 0 Å². The van der Waals surface area contributed by atoms with Crippen LogP contribution >= 0.6 is 12.4 Å². The third kappa shape index (κ3) is 5.94. The molecular formula is C17H25ClN4O3. The fraction of sp³-hybridized carbons (Fsp3) is 0.471. The van der Waals surface area contributed by atoms with Gasteiger partial charge in [-0.25, -0.2) is 0 Å². The molecule has 0 unspecified atom stereocenters. The Bertz CT molecular complexity index is 710. The number of carbonyl (C=O) groups excluding carboxylic acids is 1. The quantitative estimate of drug-likeness (QED) is 0.758. The van der Waals surface area contributed by atoms with Gasteiger partial charge in [0.2, 0.25) is 11.8 Å². The first-order valence-electron chi connectivity index (χ1n) is 7.86. The zero-order chi connectivity index (χ0) is 17.7. The lowest BCUT2D eigenvalue weighted by Gasteiger charge is -2.10. The molecule has 138 valence electrons. The molecule has 0 atom stereocenters. The highest BCUT2D eigenvalue weighted by molar-refractivity contribution is 5.91. The van der Waals surface area contributed by atoms with Gasteiger partial charge in [-0.2, -0.15) is 4.98 Å². The second-order valence-corrected chi connectivity index (χ2v) is 6.62. The van der Waals surface area contributed by atoms with Crippen molar-refractivity contribution in [2.45, 2.75) is 45.4 Å². The molecule has 1 amide bonds. The summed E-state index contributed by atoms with van der Waals surface area (Å²) in [5, 5.41) is 6.78. The summed E-state index contributed by atoms with van der Waals surface area (Å²) in [6.45, 7) is 6.07. The predicted molar refractivity (Wildman–Crippen MR) is 99.2 cm³/mol.